The van der Waals surface area contributed by atoms with Gasteiger partial charge < -0.3 is 4.90 Å². The van der Waals surface area contributed by atoms with Gasteiger partial charge in [0.1, 0.15) is 5.82 Å². The predicted molar refractivity (Wildman–Crippen MR) is 135 cm³/mol. The third-order valence-electron chi connectivity index (χ3n) is 6.95. The van der Waals surface area contributed by atoms with E-state index in [2.05, 4.69) is 4.98 Å². The largest absolute Gasteiger partial charge is 0.416 e. The molecule has 1 atom stereocenters. The maximum Gasteiger partial charge on any atom is 0.416 e. The number of amides is 1. The van der Waals surface area contributed by atoms with E-state index in [1.165, 1.54) is 30.3 Å². The number of nitrogens with zero attached hydrogens (tertiary/aromatic N) is 2. The molecule has 1 aliphatic rings. The summed E-state index contributed by atoms with van der Waals surface area (Å²) >= 11 is 0. The second-order valence-corrected chi connectivity index (χ2v) is 9.58. The molecule has 0 bridgehead atoms. The third-order valence-corrected chi connectivity index (χ3v) is 6.95. The van der Waals surface area contributed by atoms with Gasteiger partial charge in [0.2, 0.25) is 0 Å². The normalized spacial score (nSPS) is 15.9. The van der Waals surface area contributed by atoms with E-state index in [1.807, 2.05) is 12.1 Å². The smallest absolute Gasteiger partial charge is 0.338 e. The lowest BCUT2D eigenvalue weighted by atomic mass is 9.90. The minimum absolute atomic E-state index is 0.0365. The Kier molecular flexibility index (Phi) is 7.12. The monoisotopic (exact) mass is 558 g/mol. The first-order valence-electron chi connectivity index (χ1n) is 12.3. The number of hydrogen-bond donors (Lipinski definition) is 0. The highest BCUT2D eigenvalue weighted by Crippen LogP contribution is 2.41. The van der Waals surface area contributed by atoms with Gasteiger partial charge in [0, 0.05) is 37.0 Å². The third kappa shape index (κ3) is 5.71. The molecule has 4 aromatic rings. The summed E-state index contributed by atoms with van der Waals surface area (Å²) < 4.78 is 95.0. The molecule has 10 heteroatoms. The lowest BCUT2D eigenvalue weighted by Gasteiger charge is -2.20. The van der Waals surface area contributed by atoms with Crippen molar-refractivity contribution < 1.29 is 35.5 Å². The quantitative estimate of drug-likeness (QED) is 0.237. The van der Waals surface area contributed by atoms with Gasteiger partial charge in [-0.25, -0.2) is 4.39 Å². The zero-order valence-electron chi connectivity index (χ0n) is 20.7. The molecule has 206 valence electrons. The van der Waals surface area contributed by atoms with Crippen molar-refractivity contribution in [3.63, 3.8) is 0 Å². The van der Waals surface area contributed by atoms with E-state index in [0.717, 1.165) is 17.7 Å². The average molecular weight is 558 g/mol. The molecular formula is C30H21F7N2O. The van der Waals surface area contributed by atoms with E-state index in [1.54, 1.807) is 17.3 Å². The molecule has 0 N–H and O–H groups in total. The molecule has 40 heavy (non-hydrogen) atoms. The summed E-state index contributed by atoms with van der Waals surface area (Å²) in [5, 5.41) is 0. The number of likely N-dealkylation sites (tertiary alicyclic amines) is 1. The van der Waals surface area contributed by atoms with Crippen LogP contribution in [0.25, 0.3) is 22.3 Å². The molecule has 0 saturated carbocycles. The van der Waals surface area contributed by atoms with E-state index in [0.29, 0.717) is 37.2 Å². The van der Waals surface area contributed by atoms with Gasteiger partial charge in [0.25, 0.3) is 5.91 Å². The molecule has 1 fully saturated rings. The van der Waals surface area contributed by atoms with E-state index in [9.17, 15) is 35.5 Å². The summed E-state index contributed by atoms with van der Waals surface area (Å²) in [6, 6.07) is 14.2. The summed E-state index contributed by atoms with van der Waals surface area (Å²) in [6.07, 6.45) is -5.94. The Morgan fingerprint density at radius 1 is 0.800 bits per heavy atom. The van der Waals surface area contributed by atoms with Crippen LogP contribution in [-0.2, 0) is 12.4 Å². The van der Waals surface area contributed by atoms with Crippen LogP contribution in [0.4, 0.5) is 30.7 Å². The Morgan fingerprint density at radius 2 is 1.48 bits per heavy atom. The summed E-state index contributed by atoms with van der Waals surface area (Å²) in [5.74, 6) is -0.824. The van der Waals surface area contributed by atoms with E-state index in [-0.39, 0.29) is 40.1 Å². The summed E-state index contributed by atoms with van der Waals surface area (Å²) in [4.78, 5) is 19.2. The highest BCUT2D eigenvalue weighted by molar-refractivity contribution is 5.98. The molecule has 1 unspecified atom stereocenters. The van der Waals surface area contributed by atoms with Crippen molar-refractivity contribution in [1.82, 2.24) is 9.88 Å². The van der Waals surface area contributed by atoms with Crippen molar-refractivity contribution >= 4 is 5.91 Å². The maximum atomic E-state index is 13.7. The van der Waals surface area contributed by atoms with Crippen molar-refractivity contribution in [3.05, 3.63) is 113 Å². The van der Waals surface area contributed by atoms with Crippen LogP contribution in [0.15, 0.2) is 85.2 Å². The molecule has 1 saturated heterocycles. The average Bonchev–Trinajstić information content (AvgIpc) is 3.42. The minimum atomic E-state index is -5.03. The van der Waals surface area contributed by atoms with Crippen molar-refractivity contribution in [2.24, 2.45) is 0 Å². The second-order valence-electron chi connectivity index (χ2n) is 9.58. The van der Waals surface area contributed by atoms with Crippen molar-refractivity contribution in [2.75, 3.05) is 13.1 Å². The van der Waals surface area contributed by atoms with E-state index < -0.39 is 29.3 Å². The molecule has 0 aliphatic carbocycles. The van der Waals surface area contributed by atoms with Crippen LogP contribution < -0.4 is 0 Å². The molecule has 1 aromatic heterocycles. The highest BCUT2D eigenvalue weighted by Gasteiger charge is 2.37. The van der Waals surface area contributed by atoms with Gasteiger partial charge in [-0.3, -0.25) is 9.78 Å². The zero-order chi connectivity index (χ0) is 28.7. The lowest BCUT2D eigenvalue weighted by Crippen LogP contribution is -2.28. The maximum absolute atomic E-state index is 13.7. The Balaban J connectivity index is 1.58. The molecule has 2 heterocycles. The number of alkyl halides is 6. The Bertz CT molecular complexity index is 1500. The summed E-state index contributed by atoms with van der Waals surface area (Å²) in [7, 11) is 0. The predicted octanol–water partition coefficient (Wildman–Crippen LogP) is 8.22. The molecule has 3 aromatic carbocycles. The van der Waals surface area contributed by atoms with Crippen LogP contribution in [0.1, 0.15) is 39.4 Å². The van der Waals surface area contributed by atoms with Crippen LogP contribution in [0, 0.1) is 5.82 Å². The zero-order valence-corrected chi connectivity index (χ0v) is 20.7. The fourth-order valence-corrected chi connectivity index (χ4v) is 4.92. The fourth-order valence-electron chi connectivity index (χ4n) is 4.92. The van der Waals surface area contributed by atoms with Crippen molar-refractivity contribution in [2.45, 2.75) is 24.7 Å². The minimum Gasteiger partial charge on any atom is -0.338 e. The van der Waals surface area contributed by atoms with Gasteiger partial charge in [-0.05, 0) is 82.8 Å². The Labute approximate surface area is 224 Å². The topological polar surface area (TPSA) is 33.2 Å². The first-order valence-corrected chi connectivity index (χ1v) is 12.3. The van der Waals surface area contributed by atoms with Crippen molar-refractivity contribution in [3.8, 4) is 22.3 Å². The molecule has 5 rings (SSSR count). The van der Waals surface area contributed by atoms with Crippen LogP contribution in [-0.4, -0.2) is 28.9 Å². The number of aromatic nitrogens is 1. The summed E-state index contributed by atoms with van der Waals surface area (Å²) in [6.45, 7) is 0.898. The summed E-state index contributed by atoms with van der Waals surface area (Å²) in [5.41, 5.74) is -1.49. The molecule has 0 radical (unpaired) electrons. The van der Waals surface area contributed by atoms with Gasteiger partial charge in [-0.2, -0.15) is 26.3 Å². The lowest BCUT2D eigenvalue weighted by molar-refractivity contribution is -0.143. The van der Waals surface area contributed by atoms with Gasteiger partial charge >= 0.3 is 12.4 Å². The van der Waals surface area contributed by atoms with E-state index >= 15 is 0 Å². The first kappa shape index (κ1) is 27.4. The van der Waals surface area contributed by atoms with Crippen molar-refractivity contribution in [1.29, 1.82) is 0 Å². The number of hydrogen-bond acceptors (Lipinski definition) is 2. The Morgan fingerprint density at radius 3 is 2.08 bits per heavy atom. The molecular weight excluding hydrogens is 537 g/mol. The highest BCUT2D eigenvalue weighted by atomic mass is 19.4. The van der Waals surface area contributed by atoms with Crippen LogP contribution in [0.3, 0.4) is 0 Å². The van der Waals surface area contributed by atoms with Crippen LogP contribution >= 0.6 is 0 Å². The number of halogens is 7. The number of benzene rings is 3. The molecule has 0 spiro atoms. The molecule has 1 aliphatic heterocycles. The van der Waals surface area contributed by atoms with E-state index in [4.69, 9.17) is 0 Å². The van der Waals surface area contributed by atoms with Crippen LogP contribution in [0.5, 0.6) is 0 Å². The number of rotatable bonds is 4. The van der Waals surface area contributed by atoms with Gasteiger partial charge in [0.05, 0.1) is 11.1 Å². The Hall–Kier alpha value is -4.21. The second kappa shape index (κ2) is 10.4. The SMILES string of the molecule is O=C(c1ccc(-c2cc(C(F)(F)F)cc(C(F)(F)F)c2)c(-c2ccc(F)cc2)c1)N1CCC(c2cccnc2)C1. The van der Waals surface area contributed by atoms with Gasteiger partial charge in [-0.1, -0.05) is 24.3 Å². The standard InChI is InChI=1S/C30H21F7N2O/c31-25-6-3-18(4-7-25)27-14-19(28(40)39-11-9-21(17-39)20-2-1-10-38-16-20)5-8-26(27)22-12-23(29(32,33)34)15-24(13-22)30(35,36)37/h1-8,10,12-16,21H,9,11,17H2. The molecule has 1 amide bonds. The fraction of sp³-hybridized carbons (Fsp3) is 0.200. The number of pyridine rings is 1. The molecule has 3 nitrogen and oxygen atoms in total. The van der Waals surface area contributed by atoms with Crippen LogP contribution in [0.2, 0.25) is 0 Å². The van der Waals surface area contributed by atoms with Gasteiger partial charge in [-0.15, -0.1) is 0 Å². The first-order chi connectivity index (χ1) is 18.9. The van der Waals surface area contributed by atoms with Gasteiger partial charge in [0.15, 0.2) is 0 Å². The number of carbonyl (C=O) groups is 1. The number of carbonyl (C=O) groups excluding carboxylic acids is 1.